The SMILES string of the molecule is COCCn1ncc(Cl)c1C(O)Cc1cccc(F)c1F. The molecule has 1 aromatic carbocycles. The maximum Gasteiger partial charge on any atom is 0.162 e. The Morgan fingerprint density at radius 2 is 2.19 bits per heavy atom. The molecule has 1 N–H and O–H groups in total. The van der Waals surface area contributed by atoms with E-state index >= 15 is 0 Å². The van der Waals surface area contributed by atoms with Gasteiger partial charge in [0.2, 0.25) is 0 Å². The van der Waals surface area contributed by atoms with Crippen LogP contribution in [-0.4, -0.2) is 28.6 Å². The van der Waals surface area contributed by atoms with Crippen LogP contribution in [0.2, 0.25) is 5.02 Å². The molecule has 2 aromatic rings. The number of hydrogen-bond acceptors (Lipinski definition) is 3. The largest absolute Gasteiger partial charge is 0.386 e. The zero-order chi connectivity index (χ0) is 15.4. The second kappa shape index (κ2) is 6.98. The van der Waals surface area contributed by atoms with Gasteiger partial charge in [0.15, 0.2) is 11.6 Å². The van der Waals surface area contributed by atoms with Gasteiger partial charge >= 0.3 is 0 Å². The maximum atomic E-state index is 13.6. The van der Waals surface area contributed by atoms with Crippen molar-refractivity contribution in [2.24, 2.45) is 0 Å². The van der Waals surface area contributed by atoms with Gasteiger partial charge in [-0.2, -0.15) is 5.10 Å². The van der Waals surface area contributed by atoms with Crippen LogP contribution in [0.25, 0.3) is 0 Å². The molecule has 0 radical (unpaired) electrons. The molecule has 1 unspecified atom stereocenters. The highest BCUT2D eigenvalue weighted by Gasteiger charge is 2.20. The molecule has 0 aliphatic heterocycles. The topological polar surface area (TPSA) is 47.3 Å². The van der Waals surface area contributed by atoms with Gasteiger partial charge in [0.25, 0.3) is 0 Å². The molecule has 0 fully saturated rings. The number of aromatic nitrogens is 2. The molecule has 1 atom stereocenters. The van der Waals surface area contributed by atoms with Crippen LogP contribution in [-0.2, 0) is 17.7 Å². The summed E-state index contributed by atoms with van der Waals surface area (Å²) in [4.78, 5) is 0. The summed E-state index contributed by atoms with van der Waals surface area (Å²) in [5, 5.41) is 14.6. The highest BCUT2D eigenvalue weighted by molar-refractivity contribution is 6.31. The number of aliphatic hydroxyl groups is 1. The Balaban J connectivity index is 2.22. The van der Waals surface area contributed by atoms with E-state index in [1.165, 1.54) is 23.0 Å². The van der Waals surface area contributed by atoms with Gasteiger partial charge in [-0.25, -0.2) is 8.78 Å². The molecule has 0 spiro atoms. The fourth-order valence-electron chi connectivity index (χ4n) is 2.07. The highest BCUT2D eigenvalue weighted by atomic mass is 35.5. The third kappa shape index (κ3) is 3.58. The van der Waals surface area contributed by atoms with E-state index < -0.39 is 17.7 Å². The summed E-state index contributed by atoms with van der Waals surface area (Å²) in [6.07, 6.45) is 0.216. The number of ether oxygens (including phenoxy) is 1. The predicted molar refractivity (Wildman–Crippen MR) is 74.1 cm³/mol. The van der Waals surface area contributed by atoms with Gasteiger partial charge in [0.1, 0.15) is 6.10 Å². The minimum Gasteiger partial charge on any atom is -0.386 e. The van der Waals surface area contributed by atoms with Crippen LogP contribution in [0.3, 0.4) is 0 Å². The normalized spacial score (nSPS) is 12.6. The molecule has 0 aliphatic carbocycles. The predicted octanol–water partition coefficient (Wildman–Crippen LogP) is 2.74. The number of aliphatic hydroxyl groups excluding tert-OH is 1. The van der Waals surface area contributed by atoms with Gasteiger partial charge in [-0.05, 0) is 11.6 Å². The van der Waals surface area contributed by atoms with Crippen LogP contribution in [0.5, 0.6) is 0 Å². The van der Waals surface area contributed by atoms with Crippen LogP contribution < -0.4 is 0 Å². The van der Waals surface area contributed by atoms with Gasteiger partial charge in [0.05, 0.1) is 30.1 Å². The summed E-state index contributed by atoms with van der Waals surface area (Å²) in [5.41, 5.74) is 0.440. The second-order valence-electron chi connectivity index (χ2n) is 4.53. The Hall–Kier alpha value is -1.50. The Bertz CT molecular complexity index is 619. The van der Waals surface area contributed by atoms with Crippen molar-refractivity contribution in [1.29, 1.82) is 0 Å². The van der Waals surface area contributed by atoms with E-state index in [0.717, 1.165) is 6.07 Å². The quantitative estimate of drug-likeness (QED) is 0.891. The summed E-state index contributed by atoms with van der Waals surface area (Å²) in [7, 11) is 1.54. The summed E-state index contributed by atoms with van der Waals surface area (Å²) < 4.78 is 33.3. The van der Waals surface area contributed by atoms with Crippen molar-refractivity contribution in [2.75, 3.05) is 13.7 Å². The molecule has 0 saturated carbocycles. The number of halogens is 3. The Kier molecular flexibility index (Phi) is 5.27. The lowest BCUT2D eigenvalue weighted by atomic mass is 10.0. The van der Waals surface area contributed by atoms with Crippen molar-refractivity contribution >= 4 is 11.6 Å². The number of hydrogen-bond donors (Lipinski definition) is 1. The van der Waals surface area contributed by atoms with Crippen LogP contribution in [0.15, 0.2) is 24.4 Å². The molecular formula is C14H15ClF2N2O2. The molecule has 21 heavy (non-hydrogen) atoms. The summed E-state index contributed by atoms with van der Waals surface area (Å²) in [6, 6.07) is 3.84. The summed E-state index contributed by atoms with van der Waals surface area (Å²) in [5.74, 6) is -1.91. The molecule has 7 heteroatoms. The number of rotatable bonds is 6. The van der Waals surface area contributed by atoms with Gasteiger partial charge in [-0.3, -0.25) is 4.68 Å². The highest BCUT2D eigenvalue weighted by Crippen LogP contribution is 2.27. The van der Waals surface area contributed by atoms with E-state index in [4.69, 9.17) is 16.3 Å². The lowest BCUT2D eigenvalue weighted by molar-refractivity contribution is 0.152. The standard InChI is InChI=1S/C14H15ClF2N2O2/c1-21-6-5-19-14(10(15)8-18-19)12(20)7-9-3-2-4-11(16)13(9)17/h2-4,8,12,20H,5-7H2,1H3. The van der Waals surface area contributed by atoms with Crippen LogP contribution >= 0.6 is 11.6 Å². The van der Waals surface area contributed by atoms with Crippen molar-refractivity contribution in [2.45, 2.75) is 19.1 Å². The smallest absolute Gasteiger partial charge is 0.162 e. The lowest BCUT2D eigenvalue weighted by Gasteiger charge is -2.14. The average Bonchev–Trinajstić information content (AvgIpc) is 2.82. The first-order valence-electron chi connectivity index (χ1n) is 6.35. The van der Waals surface area contributed by atoms with E-state index in [1.807, 2.05) is 0 Å². The van der Waals surface area contributed by atoms with Crippen molar-refractivity contribution in [1.82, 2.24) is 9.78 Å². The molecular weight excluding hydrogens is 302 g/mol. The lowest BCUT2D eigenvalue weighted by Crippen LogP contribution is -2.15. The number of benzene rings is 1. The van der Waals surface area contributed by atoms with Gasteiger partial charge in [-0.1, -0.05) is 23.7 Å². The fourth-order valence-corrected chi connectivity index (χ4v) is 2.34. The van der Waals surface area contributed by atoms with Crippen molar-refractivity contribution in [3.05, 3.63) is 52.3 Å². The molecule has 0 amide bonds. The second-order valence-corrected chi connectivity index (χ2v) is 4.93. The van der Waals surface area contributed by atoms with Crippen LogP contribution in [0, 0.1) is 11.6 Å². The summed E-state index contributed by atoms with van der Waals surface area (Å²) >= 11 is 6.00. The molecule has 0 saturated heterocycles. The van der Waals surface area contributed by atoms with Crippen molar-refractivity contribution < 1.29 is 18.6 Å². The van der Waals surface area contributed by atoms with E-state index in [-0.39, 0.29) is 17.0 Å². The average molecular weight is 317 g/mol. The molecule has 0 aliphatic rings. The molecule has 4 nitrogen and oxygen atoms in total. The van der Waals surface area contributed by atoms with E-state index in [0.29, 0.717) is 18.8 Å². The third-order valence-electron chi connectivity index (χ3n) is 3.10. The first-order valence-corrected chi connectivity index (χ1v) is 6.73. The first-order chi connectivity index (χ1) is 10.0. The molecule has 0 bridgehead atoms. The van der Waals surface area contributed by atoms with Gasteiger partial charge < -0.3 is 9.84 Å². The molecule has 114 valence electrons. The third-order valence-corrected chi connectivity index (χ3v) is 3.39. The number of nitrogens with zero attached hydrogens (tertiary/aromatic N) is 2. The van der Waals surface area contributed by atoms with Crippen molar-refractivity contribution in [3.8, 4) is 0 Å². The zero-order valence-corrected chi connectivity index (χ0v) is 12.1. The maximum absolute atomic E-state index is 13.6. The Labute approximate surface area is 125 Å². The Morgan fingerprint density at radius 1 is 1.43 bits per heavy atom. The van der Waals surface area contributed by atoms with Gasteiger partial charge in [0, 0.05) is 13.5 Å². The minimum atomic E-state index is -1.09. The molecule has 1 heterocycles. The summed E-state index contributed by atoms with van der Waals surface area (Å²) in [6.45, 7) is 0.799. The first kappa shape index (κ1) is 15.9. The number of methoxy groups -OCH3 is 1. The monoisotopic (exact) mass is 316 g/mol. The fraction of sp³-hybridized carbons (Fsp3) is 0.357. The van der Waals surface area contributed by atoms with Crippen molar-refractivity contribution in [3.63, 3.8) is 0 Å². The van der Waals surface area contributed by atoms with E-state index in [9.17, 15) is 13.9 Å². The minimum absolute atomic E-state index is 0.0815. The van der Waals surface area contributed by atoms with Crippen LogP contribution in [0.4, 0.5) is 8.78 Å². The van der Waals surface area contributed by atoms with Gasteiger partial charge in [-0.15, -0.1) is 0 Å². The molecule has 2 rings (SSSR count). The van der Waals surface area contributed by atoms with E-state index in [1.54, 1.807) is 7.11 Å². The van der Waals surface area contributed by atoms with E-state index in [2.05, 4.69) is 5.10 Å². The molecule has 1 aromatic heterocycles. The zero-order valence-electron chi connectivity index (χ0n) is 11.4. The Morgan fingerprint density at radius 3 is 2.90 bits per heavy atom. The van der Waals surface area contributed by atoms with Crippen LogP contribution in [0.1, 0.15) is 17.4 Å².